The zero-order chi connectivity index (χ0) is 10.4. The van der Waals surface area contributed by atoms with Crippen LogP contribution in [0.15, 0.2) is 0 Å². The van der Waals surface area contributed by atoms with Crippen molar-refractivity contribution in [2.45, 2.75) is 32.3 Å². The van der Waals surface area contributed by atoms with Gasteiger partial charge in [-0.1, -0.05) is 0 Å². The van der Waals surface area contributed by atoms with Crippen molar-refractivity contribution in [1.82, 2.24) is 4.90 Å². The largest absolute Gasteiger partial charge is 0.395 e. The summed E-state index contributed by atoms with van der Waals surface area (Å²) in [5.41, 5.74) is 0. The molecule has 3 nitrogen and oxygen atoms in total. The molecule has 84 valence electrons. The number of likely N-dealkylation sites (N-methyl/N-ethyl adjacent to an activating group) is 1. The van der Waals surface area contributed by atoms with Crippen LogP contribution in [0.3, 0.4) is 0 Å². The van der Waals surface area contributed by atoms with Gasteiger partial charge in [-0.2, -0.15) is 0 Å². The van der Waals surface area contributed by atoms with Crippen LogP contribution >= 0.6 is 0 Å². The second-order valence-electron chi connectivity index (χ2n) is 4.23. The van der Waals surface area contributed by atoms with Gasteiger partial charge < -0.3 is 14.7 Å². The van der Waals surface area contributed by atoms with Crippen molar-refractivity contribution in [2.24, 2.45) is 5.92 Å². The highest BCUT2D eigenvalue weighted by Gasteiger charge is 2.28. The molecule has 0 aromatic heterocycles. The smallest absolute Gasteiger partial charge is 0.0580 e. The summed E-state index contributed by atoms with van der Waals surface area (Å²) in [6.45, 7) is 5.07. The topological polar surface area (TPSA) is 32.7 Å². The van der Waals surface area contributed by atoms with Gasteiger partial charge in [-0.05, 0) is 45.7 Å². The van der Waals surface area contributed by atoms with E-state index in [0.717, 1.165) is 25.6 Å². The first-order valence-corrected chi connectivity index (χ1v) is 5.67. The van der Waals surface area contributed by atoms with Gasteiger partial charge in [0.25, 0.3) is 0 Å². The summed E-state index contributed by atoms with van der Waals surface area (Å²) in [4.78, 5) is 2.19. The van der Waals surface area contributed by atoms with E-state index in [1.165, 1.54) is 19.3 Å². The third kappa shape index (κ3) is 3.95. The number of hydrogen-bond donors (Lipinski definition) is 1. The Balaban J connectivity index is 1.95. The Morgan fingerprint density at radius 1 is 1.36 bits per heavy atom. The molecule has 0 amide bonds. The Labute approximate surface area is 87.1 Å². The summed E-state index contributed by atoms with van der Waals surface area (Å²) in [7, 11) is 2.06. The fourth-order valence-corrected chi connectivity index (χ4v) is 1.97. The van der Waals surface area contributed by atoms with Crippen molar-refractivity contribution in [1.29, 1.82) is 0 Å². The third-order valence-electron chi connectivity index (χ3n) is 3.00. The Morgan fingerprint density at radius 2 is 2.07 bits per heavy atom. The van der Waals surface area contributed by atoms with Crippen molar-refractivity contribution >= 4 is 0 Å². The molecule has 1 saturated carbocycles. The van der Waals surface area contributed by atoms with E-state index in [9.17, 15) is 0 Å². The summed E-state index contributed by atoms with van der Waals surface area (Å²) in [6, 6.07) is 0. The minimum absolute atomic E-state index is 0.267. The minimum Gasteiger partial charge on any atom is -0.395 e. The lowest BCUT2D eigenvalue weighted by molar-refractivity contribution is -0.0284. The first-order valence-electron chi connectivity index (χ1n) is 5.67. The highest BCUT2D eigenvalue weighted by molar-refractivity contribution is 4.80. The molecule has 0 aromatic carbocycles. The second kappa shape index (κ2) is 6.38. The van der Waals surface area contributed by atoms with E-state index < -0.39 is 0 Å². The van der Waals surface area contributed by atoms with Crippen molar-refractivity contribution in [3.8, 4) is 0 Å². The van der Waals surface area contributed by atoms with E-state index in [4.69, 9.17) is 9.84 Å². The summed E-state index contributed by atoms with van der Waals surface area (Å²) in [5, 5.41) is 8.72. The van der Waals surface area contributed by atoms with Crippen LogP contribution in [0.4, 0.5) is 0 Å². The van der Waals surface area contributed by atoms with E-state index in [1.807, 2.05) is 0 Å². The maximum Gasteiger partial charge on any atom is 0.0580 e. The van der Waals surface area contributed by atoms with Gasteiger partial charge in [0, 0.05) is 13.2 Å². The maximum absolute atomic E-state index is 8.72. The lowest BCUT2D eigenvalue weighted by Gasteiger charge is -2.35. The van der Waals surface area contributed by atoms with Gasteiger partial charge in [0.05, 0.1) is 12.7 Å². The van der Waals surface area contributed by atoms with Crippen LogP contribution < -0.4 is 0 Å². The van der Waals surface area contributed by atoms with Crippen molar-refractivity contribution in [3.05, 3.63) is 0 Å². The summed E-state index contributed by atoms with van der Waals surface area (Å²) < 4.78 is 5.51. The molecule has 1 fully saturated rings. The third-order valence-corrected chi connectivity index (χ3v) is 3.00. The second-order valence-corrected chi connectivity index (χ2v) is 4.23. The average molecular weight is 201 g/mol. The number of aliphatic hydroxyl groups excluding tert-OH is 1. The van der Waals surface area contributed by atoms with E-state index in [0.29, 0.717) is 6.10 Å². The minimum atomic E-state index is 0.267. The van der Waals surface area contributed by atoms with Crippen molar-refractivity contribution < 1.29 is 9.84 Å². The molecule has 0 aromatic rings. The molecule has 0 unspecified atom stereocenters. The summed E-state index contributed by atoms with van der Waals surface area (Å²) in [6.07, 6.45) is 4.26. The fourth-order valence-electron chi connectivity index (χ4n) is 1.97. The van der Waals surface area contributed by atoms with Gasteiger partial charge in [0.15, 0.2) is 0 Å². The Hall–Kier alpha value is -0.120. The zero-order valence-corrected chi connectivity index (χ0v) is 9.41. The van der Waals surface area contributed by atoms with Gasteiger partial charge in [0.1, 0.15) is 0 Å². The van der Waals surface area contributed by atoms with Crippen LogP contribution in [0.25, 0.3) is 0 Å². The molecule has 1 aliphatic carbocycles. The first-order chi connectivity index (χ1) is 6.76. The quantitative estimate of drug-likeness (QED) is 0.670. The number of nitrogens with zero attached hydrogens (tertiary/aromatic N) is 1. The molecule has 0 atom stereocenters. The first kappa shape index (κ1) is 12.0. The standard InChI is InChI=1S/C11H23NO2/c1-3-14-11-8-10(9-11)4-5-12(2)6-7-13/h10-11,13H,3-9H2,1-2H3. The number of ether oxygens (including phenoxy) is 1. The van der Waals surface area contributed by atoms with Crippen LogP contribution in [0.1, 0.15) is 26.2 Å². The van der Waals surface area contributed by atoms with Crippen molar-refractivity contribution in [3.63, 3.8) is 0 Å². The fraction of sp³-hybridized carbons (Fsp3) is 1.00. The molecule has 0 spiro atoms. The lowest BCUT2D eigenvalue weighted by atomic mass is 9.80. The number of hydrogen-bond acceptors (Lipinski definition) is 3. The molecule has 0 radical (unpaired) electrons. The molecule has 0 bridgehead atoms. The van der Waals surface area contributed by atoms with Crippen molar-refractivity contribution in [2.75, 3.05) is 33.4 Å². The van der Waals surface area contributed by atoms with Crippen LogP contribution in [0.2, 0.25) is 0 Å². The summed E-state index contributed by atoms with van der Waals surface area (Å²) in [5.74, 6) is 0.854. The van der Waals surface area contributed by atoms with Crippen LogP contribution in [-0.2, 0) is 4.74 Å². The molecule has 14 heavy (non-hydrogen) atoms. The Morgan fingerprint density at radius 3 is 2.64 bits per heavy atom. The molecule has 1 aliphatic rings. The molecular weight excluding hydrogens is 178 g/mol. The monoisotopic (exact) mass is 201 g/mol. The maximum atomic E-state index is 8.72. The molecular formula is C11H23NO2. The molecule has 0 heterocycles. The molecule has 1 N–H and O–H groups in total. The van der Waals surface area contributed by atoms with Crippen LogP contribution in [-0.4, -0.2) is 49.5 Å². The normalized spacial score (nSPS) is 26.6. The van der Waals surface area contributed by atoms with Gasteiger partial charge in [-0.15, -0.1) is 0 Å². The van der Waals surface area contributed by atoms with Crippen LogP contribution in [0, 0.1) is 5.92 Å². The van der Waals surface area contributed by atoms with E-state index >= 15 is 0 Å². The predicted molar refractivity (Wildman–Crippen MR) is 57.3 cm³/mol. The number of aliphatic hydroxyl groups is 1. The van der Waals surface area contributed by atoms with Gasteiger partial charge in [-0.25, -0.2) is 0 Å². The summed E-state index contributed by atoms with van der Waals surface area (Å²) >= 11 is 0. The SMILES string of the molecule is CCOC1CC(CCN(C)CCO)C1. The average Bonchev–Trinajstić information content (AvgIpc) is 2.09. The Bertz CT molecular complexity index is 146. The highest BCUT2D eigenvalue weighted by atomic mass is 16.5. The number of rotatable bonds is 7. The zero-order valence-electron chi connectivity index (χ0n) is 9.41. The van der Waals surface area contributed by atoms with Crippen LogP contribution in [0.5, 0.6) is 0 Å². The predicted octanol–water partition coefficient (Wildman–Crippen LogP) is 1.12. The van der Waals surface area contributed by atoms with Gasteiger partial charge in [-0.3, -0.25) is 0 Å². The lowest BCUT2D eigenvalue weighted by Crippen LogP contribution is -2.34. The van der Waals surface area contributed by atoms with E-state index in [2.05, 4.69) is 18.9 Å². The molecule has 0 aliphatic heterocycles. The van der Waals surface area contributed by atoms with E-state index in [1.54, 1.807) is 0 Å². The van der Waals surface area contributed by atoms with E-state index in [-0.39, 0.29) is 6.61 Å². The van der Waals surface area contributed by atoms with Gasteiger partial charge in [0.2, 0.25) is 0 Å². The Kier molecular flexibility index (Phi) is 5.45. The highest BCUT2D eigenvalue weighted by Crippen LogP contribution is 2.32. The molecule has 0 saturated heterocycles. The molecule has 1 rings (SSSR count). The molecule has 3 heteroatoms. The van der Waals surface area contributed by atoms with Gasteiger partial charge >= 0.3 is 0 Å².